The molecule has 0 radical (unpaired) electrons. The molecule has 0 heterocycles. The maximum atomic E-state index is 5.89. The molecule has 18 heavy (non-hydrogen) atoms. The van der Waals surface area contributed by atoms with Crippen molar-refractivity contribution in [3.8, 4) is 11.8 Å². The zero-order chi connectivity index (χ0) is 13.3. The molecule has 0 aliphatic heterocycles. The third-order valence-electron chi connectivity index (χ3n) is 3.24. The molecule has 0 spiro atoms. The first kappa shape index (κ1) is 14.8. The number of nitrogens with two attached hydrogens (primary N) is 1. The summed E-state index contributed by atoms with van der Waals surface area (Å²) in [7, 11) is 0. The Morgan fingerprint density at radius 3 is 2.61 bits per heavy atom. The number of nitrogens with one attached hydrogen (secondary N) is 1. The molecule has 98 valence electrons. The van der Waals surface area contributed by atoms with Gasteiger partial charge in [-0.25, -0.2) is 0 Å². The molecule has 0 bridgehead atoms. The first-order chi connectivity index (χ1) is 8.70. The molecule has 0 amide bonds. The fraction of sp³-hybridized carbons (Fsp3) is 0.500. The quantitative estimate of drug-likeness (QED) is 0.571. The second-order valence-electron chi connectivity index (χ2n) is 4.85. The van der Waals surface area contributed by atoms with Crippen LogP contribution in [-0.2, 0) is 6.42 Å². The predicted octanol–water partition coefficient (Wildman–Crippen LogP) is 2.34. The monoisotopic (exact) mass is 244 g/mol. The van der Waals surface area contributed by atoms with Crippen molar-refractivity contribution in [2.75, 3.05) is 13.1 Å². The van der Waals surface area contributed by atoms with Gasteiger partial charge in [0.15, 0.2) is 0 Å². The van der Waals surface area contributed by atoms with E-state index in [1.807, 2.05) is 13.0 Å². The van der Waals surface area contributed by atoms with E-state index in [0.29, 0.717) is 6.54 Å². The summed E-state index contributed by atoms with van der Waals surface area (Å²) in [6.07, 6.45) is 2.99. The van der Waals surface area contributed by atoms with Gasteiger partial charge in [-0.05, 0) is 32.3 Å². The Morgan fingerprint density at radius 2 is 2.00 bits per heavy atom. The maximum absolute atomic E-state index is 5.89. The van der Waals surface area contributed by atoms with Crippen LogP contribution in [-0.4, -0.2) is 18.6 Å². The van der Waals surface area contributed by atoms with Crippen molar-refractivity contribution in [1.82, 2.24) is 5.32 Å². The zero-order valence-electron chi connectivity index (χ0n) is 11.5. The van der Waals surface area contributed by atoms with Crippen LogP contribution in [0.25, 0.3) is 0 Å². The fourth-order valence-electron chi connectivity index (χ4n) is 1.88. The van der Waals surface area contributed by atoms with Crippen molar-refractivity contribution in [1.29, 1.82) is 0 Å². The third kappa shape index (κ3) is 5.35. The van der Waals surface area contributed by atoms with E-state index in [1.54, 1.807) is 0 Å². The lowest BCUT2D eigenvalue weighted by Gasteiger charge is -2.29. The maximum Gasteiger partial charge on any atom is 0.0279 e. The van der Waals surface area contributed by atoms with Crippen LogP contribution < -0.4 is 11.1 Å². The summed E-state index contributed by atoms with van der Waals surface area (Å²) >= 11 is 0. The Labute approximate surface area is 111 Å². The fourth-order valence-corrected chi connectivity index (χ4v) is 1.88. The van der Waals surface area contributed by atoms with Crippen molar-refractivity contribution in [3.63, 3.8) is 0 Å². The van der Waals surface area contributed by atoms with Crippen LogP contribution in [0, 0.1) is 11.8 Å². The third-order valence-corrected chi connectivity index (χ3v) is 3.24. The van der Waals surface area contributed by atoms with Gasteiger partial charge in [0.25, 0.3) is 0 Å². The van der Waals surface area contributed by atoms with E-state index < -0.39 is 0 Å². The minimum atomic E-state index is 0.00522. The average molecular weight is 244 g/mol. The minimum Gasteiger partial charge on any atom is -0.329 e. The number of hydrogen-bond acceptors (Lipinski definition) is 2. The summed E-state index contributed by atoms with van der Waals surface area (Å²) in [5.41, 5.74) is 7.26. The van der Waals surface area contributed by atoms with Gasteiger partial charge in [0.2, 0.25) is 0 Å². The first-order valence-electron chi connectivity index (χ1n) is 6.59. The molecule has 1 unspecified atom stereocenters. The molecule has 2 heteroatoms. The van der Waals surface area contributed by atoms with E-state index >= 15 is 0 Å². The van der Waals surface area contributed by atoms with Crippen molar-refractivity contribution in [2.24, 2.45) is 5.73 Å². The lowest BCUT2D eigenvalue weighted by atomic mass is 9.93. The van der Waals surface area contributed by atoms with Gasteiger partial charge in [-0.2, -0.15) is 0 Å². The Kier molecular flexibility index (Phi) is 6.49. The van der Waals surface area contributed by atoms with Gasteiger partial charge < -0.3 is 11.1 Å². The summed E-state index contributed by atoms with van der Waals surface area (Å²) in [5, 5.41) is 3.52. The summed E-state index contributed by atoms with van der Waals surface area (Å²) in [4.78, 5) is 0. The van der Waals surface area contributed by atoms with Crippen molar-refractivity contribution in [3.05, 3.63) is 35.9 Å². The van der Waals surface area contributed by atoms with Gasteiger partial charge in [0.1, 0.15) is 0 Å². The summed E-state index contributed by atoms with van der Waals surface area (Å²) < 4.78 is 0. The highest BCUT2D eigenvalue weighted by atomic mass is 15.0. The van der Waals surface area contributed by atoms with E-state index in [-0.39, 0.29) is 5.54 Å². The second kappa shape index (κ2) is 7.92. The Morgan fingerprint density at radius 1 is 1.28 bits per heavy atom. The van der Waals surface area contributed by atoms with Crippen LogP contribution in [0.1, 0.15) is 32.3 Å². The molecule has 1 aromatic rings. The van der Waals surface area contributed by atoms with Crippen LogP contribution >= 0.6 is 0 Å². The van der Waals surface area contributed by atoms with E-state index in [9.17, 15) is 0 Å². The summed E-state index contributed by atoms with van der Waals surface area (Å²) in [5.74, 6) is 5.97. The lowest BCUT2D eigenvalue weighted by Crippen LogP contribution is -2.49. The van der Waals surface area contributed by atoms with Crippen LogP contribution in [0.5, 0.6) is 0 Å². The van der Waals surface area contributed by atoms with Gasteiger partial charge in [0.05, 0.1) is 0 Å². The molecular weight excluding hydrogens is 220 g/mol. The Bertz CT molecular complexity index is 389. The molecular formula is C16H24N2. The smallest absolute Gasteiger partial charge is 0.0279 e. The molecule has 3 N–H and O–H groups in total. The van der Waals surface area contributed by atoms with Crippen molar-refractivity contribution >= 4 is 0 Å². The minimum absolute atomic E-state index is 0.00522. The van der Waals surface area contributed by atoms with Crippen molar-refractivity contribution in [2.45, 2.75) is 38.6 Å². The van der Waals surface area contributed by atoms with E-state index in [1.165, 1.54) is 5.56 Å². The largest absolute Gasteiger partial charge is 0.329 e. The highest BCUT2D eigenvalue weighted by Crippen LogP contribution is 2.13. The highest BCUT2D eigenvalue weighted by molar-refractivity contribution is 5.15. The van der Waals surface area contributed by atoms with Gasteiger partial charge >= 0.3 is 0 Å². The normalized spacial score (nSPS) is 13.5. The second-order valence-corrected chi connectivity index (χ2v) is 4.85. The summed E-state index contributed by atoms with van der Waals surface area (Å²) in [6.45, 7) is 5.62. The molecule has 2 nitrogen and oxygen atoms in total. The molecule has 0 saturated heterocycles. The lowest BCUT2D eigenvalue weighted by molar-refractivity contribution is 0.344. The van der Waals surface area contributed by atoms with Crippen molar-refractivity contribution < 1.29 is 0 Å². The Hall–Kier alpha value is -1.30. The standard InChI is InChI=1S/C16H24N2/c1-3-4-8-13-18-16(2,14-17)12-11-15-9-6-5-7-10-15/h5-7,9-10,18H,8,11-14,17H2,1-2H3. The summed E-state index contributed by atoms with van der Waals surface area (Å²) in [6, 6.07) is 10.5. The van der Waals surface area contributed by atoms with E-state index in [0.717, 1.165) is 25.8 Å². The highest BCUT2D eigenvalue weighted by Gasteiger charge is 2.20. The zero-order valence-corrected chi connectivity index (χ0v) is 11.5. The topological polar surface area (TPSA) is 38.0 Å². The molecule has 1 aromatic carbocycles. The van der Waals surface area contributed by atoms with Crippen LogP contribution in [0.2, 0.25) is 0 Å². The number of rotatable bonds is 7. The van der Waals surface area contributed by atoms with Gasteiger partial charge in [-0.15, -0.1) is 11.8 Å². The van der Waals surface area contributed by atoms with Gasteiger partial charge in [0, 0.05) is 25.0 Å². The molecule has 1 rings (SSSR count). The van der Waals surface area contributed by atoms with Gasteiger partial charge in [-0.3, -0.25) is 0 Å². The SMILES string of the molecule is CC#CCCNC(C)(CN)CCc1ccccc1. The number of benzene rings is 1. The average Bonchev–Trinajstić information content (AvgIpc) is 2.43. The molecule has 1 atom stereocenters. The molecule has 0 aromatic heterocycles. The Balaban J connectivity index is 2.41. The molecule has 0 aliphatic carbocycles. The van der Waals surface area contributed by atoms with E-state index in [2.05, 4.69) is 48.3 Å². The molecule has 0 aliphatic rings. The van der Waals surface area contributed by atoms with Crippen LogP contribution in [0.4, 0.5) is 0 Å². The van der Waals surface area contributed by atoms with Crippen LogP contribution in [0.15, 0.2) is 30.3 Å². The predicted molar refractivity (Wildman–Crippen MR) is 78.3 cm³/mol. The number of aryl methyl sites for hydroxylation is 1. The molecule has 0 saturated carbocycles. The molecule has 0 fully saturated rings. The van der Waals surface area contributed by atoms with E-state index in [4.69, 9.17) is 5.73 Å². The van der Waals surface area contributed by atoms with Gasteiger partial charge in [-0.1, -0.05) is 30.3 Å². The number of hydrogen-bond donors (Lipinski definition) is 2. The van der Waals surface area contributed by atoms with Crippen LogP contribution in [0.3, 0.4) is 0 Å². The first-order valence-corrected chi connectivity index (χ1v) is 6.59.